The SMILES string of the molecule is Cl.FC(F)(F)[C@H]1CCN1. The fourth-order valence-corrected chi connectivity index (χ4v) is 0.568. The monoisotopic (exact) mass is 161 g/mol. The Morgan fingerprint density at radius 2 is 1.78 bits per heavy atom. The summed E-state index contributed by atoms with van der Waals surface area (Å²) < 4.78 is 34.3. The predicted molar refractivity (Wildman–Crippen MR) is 29.7 cm³/mol. The van der Waals surface area contributed by atoms with Gasteiger partial charge in [-0.25, -0.2) is 0 Å². The van der Waals surface area contributed by atoms with E-state index in [2.05, 4.69) is 5.32 Å². The number of nitrogens with one attached hydrogen (secondary N) is 1. The van der Waals surface area contributed by atoms with Crippen LogP contribution in [0.25, 0.3) is 0 Å². The topological polar surface area (TPSA) is 12.0 Å². The van der Waals surface area contributed by atoms with Crippen molar-refractivity contribution in [3.63, 3.8) is 0 Å². The second-order valence-corrected chi connectivity index (χ2v) is 1.84. The zero-order chi connectivity index (χ0) is 6.20. The summed E-state index contributed by atoms with van der Waals surface area (Å²) in [6.07, 6.45) is -3.78. The Morgan fingerprint density at radius 1 is 1.33 bits per heavy atom. The van der Waals surface area contributed by atoms with Crippen LogP contribution >= 0.6 is 12.4 Å². The molecule has 0 aromatic heterocycles. The highest BCUT2D eigenvalue weighted by Gasteiger charge is 2.42. The Morgan fingerprint density at radius 3 is 1.78 bits per heavy atom. The molecule has 56 valence electrons. The molecule has 1 fully saturated rings. The Kier molecular flexibility index (Phi) is 2.76. The minimum atomic E-state index is -4.02. The van der Waals surface area contributed by atoms with E-state index >= 15 is 0 Å². The predicted octanol–water partition coefficient (Wildman–Crippen LogP) is 1.33. The number of alkyl halides is 3. The molecule has 5 heteroatoms. The molecular weight excluding hydrogens is 154 g/mol. The van der Waals surface area contributed by atoms with Crippen molar-refractivity contribution in [2.45, 2.75) is 18.6 Å². The molecule has 0 saturated carbocycles. The maximum Gasteiger partial charge on any atom is 0.403 e. The molecule has 0 aromatic carbocycles. The molecule has 1 heterocycles. The highest BCUT2D eigenvalue weighted by Crippen LogP contribution is 2.25. The summed E-state index contributed by atoms with van der Waals surface area (Å²) in [5, 5.41) is 2.26. The van der Waals surface area contributed by atoms with Gasteiger partial charge >= 0.3 is 6.18 Å². The molecule has 1 atom stereocenters. The summed E-state index contributed by atoms with van der Waals surface area (Å²) in [5.41, 5.74) is 0. The molecule has 0 radical (unpaired) electrons. The van der Waals surface area contributed by atoms with Crippen molar-refractivity contribution in [3.05, 3.63) is 0 Å². The normalized spacial score (nSPS) is 26.3. The van der Waals surface area contributed by atoms with E-state index in [0.717, 1.165) is 0 Å². The van der Waals surface area contributed by atoms with E-state index in [1.165, 1.54) is 0 Å². The van der Waals surface area contributed by atoms with Gasteiger partial charge in [-0.05, 0) is 13.0 Å². The van der Waals surface area contributed by atoms with Crippen LogP contribution in [0.15, 0.2) is 0 Å². The van der Waals surface area contributed by atoms with Gasteiger partial charge in [0.25, 0.3) is 0 Å². The Balaban J connectivity index is 0.000000640. The Labute approximate surface area is 57.0 Å². The standard InChI is InChI=1S/C4H6F3N.ClH/c5-4(6,7)3-1-2-8-3;/h3,8H,1-2H2;1H/t3-;/m1./s1. The fraction of sp³-hybridized carbons (Fsp3) is 1.00. The first-order valence-corrected chi connectivity index (χ1v) is 2.41. The van der Waals surface area contributed by atoms with Crippen LogP contribution in [-0.2, 0) is 0 Å². The first kappa shape index (κ1) is 9.04. The Bertz CT molecular complexity index is 88.3. The molecular formula is C4H7ClF3N. The number of halogens is 4. The van der Waals surface area contributed by atoms with Crippen LogP contribution < -0.4 is 5.32 Å². The summed E-state index contributed by atoms with van der Waals surface area (Å²) in [6.45, 7) is 0.504. The first-order chi connectivity index (χ1) is 3.61. The summed E-state index contributed by atoms with van der Waals surface area (Å²) in [7, 11) is 0. The minimum absolute atomic E-state index is 0. The molecule has 1 aliphatic rings. The van der Waals surface area contributed by atoms with Crippen LogP contribution in [0.3, 0.4) is 0 Å². The van der Waals surface area contributed by atoms with E-state index in [0.29, 0.717) is 6.54 Å². The summed E-state index contributed by atoms with van der Waals surface area (Å²) >= 11 is 0. The molecule has 1 saturated heterocycles. The summed E-state index contributed by atoms with van der Waals surface area (Å²) in [5.74, 6) is 0. The molecule has 1 nitrogen and oxygen atoms in total. The maximum atomic E-state index is 11.4. The molecule has 0 bridgehead atoms. The van der Waals surface area contributed by atoms with Crippen LogP contribution in [0.4, 0.5) is 13.2 Å². The van der Waals surface area contributed by atoms with Crippen LogP contribution in [0.2, 0.25) is 0 Å². The average molecular weight is 162 g/mol. The van der Waals surface area contributed by atoms with Gasteiger partial charge in [-0.15, -0.1) is 12.4 Å². The van der Waals surface area contributed by atoms with E-state index in [9.17, 15) is 13.2 Å². The first-order valence-electron chi connectivity index (χ1n) is 2.41. The highest BCUT2D eigenvalue weighted by atomic mass is 35.5. The number of hydrogen-bond acceptors (Lipinski definition) is 1. The van der Waals surface area contributed by atoms with Crippen LogP contribution in [0, 0.1) is 0 Å². The number of hydrogen-bond donors (Lipinski definition) is 1. The fourth-order valence-electron chi connectivity index (χ4n) is 0.568. The largest absolute Gasteiger partial charge is 0.403 e. The van der Waals surface area contributed by atoms with Crippen LogP contribution in [0.5, 0.6) is 0 Å². The third-order valence-electron chi connectivity index (χ3n) is 1.22. The summed E-state index contributed by atoms with van der Waals surface area (Å²) in [4.78, 5) is 0. The van der Waals surface area contributed by atoms with Gasteiger partial charge in [0.1, 0.15) is 6.04 Å². The van der Waals surface area contributed by atoms with Crippen molar-refractivity contribution in [1.29, 1.82) is 0 Å². The van der Waals surface area contributed by atoms with Crippen molar-refractivity contribution >= 4 is 12.4 Å². The van der Waals surface area contributed by atoms with Gasteiger partial charge in [0.2, 0.25) is 0 Å². The van der Waals surface area contributed by atoms with Gasteiger partial charge in [0, 0.05) is 0 Å². The van der Waals surface area contributed by atoms with E-state index in [1.807, 2.05) is 0 Å². The molecule has 0 unspecified atom stereocenters. The molecule has 1 N–H and O–H groups in total. The zero-order valence-corrected chi connectivity index (χ0v) is 5.35. The molecule has 0 aromatic rings. The zero-order valence-electron chi connectivity index (χ0n) is 4.53. The lowest BCUT2D eigenvalue weighted by Crippen LogP contribution is -2.52. The third kappa shape index (κ3) is 2.02. The van der Waals surface area contributed by atoms with Crippen molar-refractivity contribution in [2.24, 2.45) is 0 Å². The summed E-state index contributed by atoms with van der Waals surface area (Å²) in [6, 6.07) is -1.22. The lowest BCUT2D eigenvalue weighted by Gasteiger charge is -2.29. The molecule has 9 heavy (non-hydrogen) atoms. The van der Waals surface area contributed by atoms with Gasteiger partial charge in [-0.2, -0.15) is 13.2 Å². The minimum Gasteiger partial charge on any atom is -0.306 e. The van der Waals surface area contributed by atoms with Crippen LogP contribution in [-0.4, -0.2) is 18.8 Å². The highest BCUT2D eigenvalue weighted by molar-refractivity contribution is 5.85. The second kappa shape index (κ2) is 2.75. The maximum absolute atomic E-state index is 11.4. The van der Waals surface area contributed by atoms with Gasteiger partial charge in [0.15, 0.2) is 0 Å². The van der Waals surface area contributed by atoms with E-state index in [4.69, 9.17) is 0 Å². The number of rotatable bonds is 0. The van der Waals surface area contributed by atoms with Crippen molar-refractivity contribution in [2.75, 3.05) is 6.54 Å². The van der Waals surface area contributed by atoms with E-state index in [1.54, 1.807) is 0 Å². The lowest BCUT2D eigenvalue weighted by atomic mass is 10.1. The van der Waals surface area contributed by atoms with Crippen molar-refractivity contribution < 1.29 is 13.2 Å². The van der Waals surface area contributed by atoms with Gasteiger partial charge in [-0.3, -0.25) is 0 Å². The average Bonchev–Trinajstić information content (AvgIpc) is 1.16. The van der Waals surface area contributed by atoms with Gasteiger partial charge < -0.3 is 5.32 Å². The Hall–Kier alpha value is 0.0400. The molecule has 0 amide bonds. The molecule has 0 aliphatic carbocycles. The quantitative estimate of drug-likeness (QED) is 0.565. The van der Waals surface area contributed by atoms with Crippen LogP contribution in [0.1, 0.15) is 6.42 Å². The molecule has 1 rings (SSSR count). The lowest BCUT2D eigenvalue weighted by molar-refractivity contribution is -0.169. The van der Waals surface area contributed by atoms with E-state index < -0.39 is 12.2 Å². The second-order valence-electron chi connectivity index (χ2n) is 1.84. The smallest absolute Gasteiger partial charge is 0.306 e. The van der Waals surface area contributed by atoms with Gasteiger partial charge in [-0.1, -0.05) is 0 Å². The van der Waals surface area contributed by atoms with Crippen molar-refractivity contribution in [3.8, 4) is 0 Å². The molecule has 0 spiro atoms. The third-order valence-corrected chi connectivity index (χ3v) is 1.22. The van der Waals surface area contributed by atoms with Crippen molar-refractivity contribution in [1.82, 2.24) is 5.32 Å². The van der Waals surface area contributed by atoms with Gasteiger partial charge in [0.05, 0.1) is 0 Å². The molecule has 1 aliphatic heterocycles. The van der Waals surface area contributed by atoms with E-state index in [-0.39, 0.29) is 18.8 Å².